The van der Waals surface area contributed by atoms with Gasteiger partial charge in [0.15, 0.2) is 0 Å². The lowest BCUT2D eigenvalue weighted by molar-refractivity contribution is -0.122. The maximum Gasteiger partial charge on any atom is 0.220 e. The molecule has 1 heterocycles. The van der Waals surface area contributed by atoms with Gasteiger partial charge < -0.3 is 16.0 Å². The summed E-state index contributed by atoms with van der Waals surface area (Å²) in [5.41, 5.74) is 7.97. The monoisotopic (exact) mass is 353 g/mol. The number of nitrogens with two attached hydrogens (primary N) is 1. The summed E-state index contributed by atoms with van der Waals surface area (Å²) in [5.74, 6) is -0.131. The second-order valence-electron chi connectivity index (χ2n) is 5.65. The van der Waals surface area contributed by atoms with E-state index in [2.05, 4.69) is 58.2 Å². The molecule has 1 saturated heterocycles. The lowest BCUT2D eigenvalue weighted by Crippen LogP contribution is -2.39. The van der Waals surface area contributed by atoms with Gasteiger partial charge in [0, 0.05) is 35.2 Å². The van der Waals surface area contributed by atoms with Gasteiger partial charge in [0.25, 0.3) is 0 Å². The van der Waals surface area contributed by atoms with Crippen LogP contribution in [0.2, 0.25) is 0 Å². The predicted octanol–water partition coefficient (Wildman–Crippen LogP) is 2.82. The summed E-state index contributed by atoms with van der Waals surface area (Å²) >= 11 is 3.56. The number of nitrogens with one attached hydrogen (secondary N) is 1. The average Bonchev–Trinajstić information content (AvgIpc) is 2.47. The van der Waals surface area contributed by atoms with Crippen molar-refractivity contribution in [3.63, 3.8) is 0 Å². The largest absolute Gasteiger partial charge is 0.371 e. The first-order chi connectivity index (χ1) is 10.0. The SMILES string of the molecule is CCNC(C)c1ccc(Br)cc1N1CCC(C(N)=O)CC1. The summed E-state index contributed by atoms with van der Waals surface area (Å²) in [5, 5.41) is 3.47. The van der Waals surface area contributed by atoms with Crippen molar-refractivity contribution in [1.29, 1.82) is 0 Å². The van der Waals surface area contributed by atoms with Crippen LogP contribution in [0.4, 0.5) is 5.69 Å². The van der Waals surface area contributed by atoms with Crippen LogP contribution in [0.25, 0.3) is 0 Å². The van der Waals surface area contributed by atoms with Gasteiger partial charge in [-0.15, -0.1) is 0 Å². The van der Waals surface area contributed by atoms with Crippen LogP contribution in [0.15, 0.2) is 22.7 Å². The highest BCUT2D eigenvalue weighted by Gasteiger charge is 2.25. The second kappa shape index (κ2) is 7.27. The summed E-state index contributed by atoms with van der Waals surface area (Å²) in [6, 6.07) is 6.75. The smallest absolute Gasteiger partial charge is 0.220 e. The van der Waals surface area contributed by atoms with Crippen LogP contribution < -0.4 is 16.0 Å². The summed E-state index contributed by atoms with van der Waals surface area (Å²) in [4.78, 5) is 13.7. The molecule has 1 aromatic carbocycles. The minimum Gasteiger partial charge on any atom is -0.371 e. The first-order valence-corrected chi connectivity index (χ1v) is 8.39. The molecular formula is C16H24BrN3O. The van der Waals surface area contributed by atoms with Crippen molar-refractivity contribution >= 4 is 27.5 Å². The predicted molar refractivity (Wildman–Crippen MR) is 90.4 cm³/mol. The van der Waals surface area contributed by atoms with E-state index in [9.17, 15) is 4.79 Å². The van der Waals surface area contributed by atoms with E-state index < -0.39 is 0 Å². The molecule has 2 rings (SSSR count). The molecule has 1 unspecified atom stereocenters. The number of benzene rings is 1. The zero-order valence-electron chi connectivity index (χ0n) is 12.7. The van der Waals surface area contributed by atoms with Crippen LogP contribution in [-0.2, 0) is 4.79 Å². The van der Waals surface area contributed by atoms with E-state index in [1.165, 1.54) is 11.3 Å². The number of anilines is 1. The fourth-order valence-corrected chi connectivity index (χ4v) is 3.33. The summed E-state index contributed by atoms with van der Waals surface area (Å²) in [6.45, 7) is 7.02. The van der Waals surface area contributed by atoms with Gasteiger partial charge in [-0.1, -0.05) is 28.9 Å². The Bertz CT molecular complexity index is 498. The molecular weight excluding hydrogens is 330 g/mol. The molecule has 1 aromatic rings. The topological polar surface area (TPSA) is 58.4 Å². The highest BCUT2D eigenvalue weighted by atomic mass is 79.9. The molecule has 0 saturated carbocycles. The highest BCUT2D eigenvalue weighted by molar-refractivity contribution is 9.10. The van der Waals surface area contributed by atoms with E-state index in [1.54, 1.807) is 0 Å². The van der Waals surface area contributed by atoms with Crippen molar-refractivity contribution in [3.05, 3.63) is 28.2 Å². The third-order valence-corrected chi connectivity index (χ3v) is 4.70. The molecule has 1 aliphatic heterocycles. The molecule has 4 nitrogen and oxygen atoms in total. The van der Waals surface area contributed by atoms with Crippen molar-refractivity contribution in [1.82, 2.24) is 5.32 Å². The van der Waals surface area contributed by atoms with E-state index in [0.29, 0.717) is 6.04 Å². The Hall–Kier alpha value is -1.07. The number of amides is 1. The Balaban J connectivity index is 2.19. The Morgan fingerprint density at radius 3 is 2.71 bits per heavy atom. The first kappa shape index (κ1) is 16.3. The molecule has 21 heavy (non-hydrogen) atoms. The van der Waals surface area contributed by atoms with Crippen molar-refractivity contribution in [3.8, 4) is 0 Å². The Labute approximate surface area is 135 Å². The average molecular weight is 354 g/mol. The molecule has 1 fully saturated rings. The molecule has 3 N–H and O–H groups in total. The summed E-state index contributed by atoms with van der Waals surface area (Å²) in [7, 11) is 0. The molecule has 1 atom stereocenters. The molecule has 1 amide bonds. The maximum atomic E-state index is 11.3. The van der Waals surface area contributed by atoms with E-state index >= 15 is 0 Å². The highest BCUT2D eigenvalue weighted by Crippen LogP contribution is 2.32. The Morgan fingerprint density at radius 1 is 1.48 bits per heavy atom. The summed E-state index contributed by atoms with van der Waals surface area (Å²) < 4.78 is 1.09. The van der Waals surface area contributed by atoms with Crippen LogP contribution in [0.5, 0.6) is 0 Å². The zero-order chi connectivity index (χ0) is 15.4. The fourth-order valence-electron chi connectivity index (χ4n) is 2.98. The van der Waals surface area contributed by atoms with Gasteiger partial charge in [-0.3, -0.25) is 4.79 Å². The van der Waals surface area contributed by atoms with E-state index in [0.717, 1.165) is 36.9 Å². The van der Waals surface area contributed by atoms with Gasteiger partial charge in [0.1, 0.15) is 0 Å². The number of carbonyl (C=O) groups is 1. The minimum absolute atomic E-state index is 0.0306. The number of carbonyl (C=O) groups excluding carboxylic acids is 1. The quantitative estimate of drug-likeness (QED) is 0.855. The van der Waals surface area contributed by atoms with Gasteiger partial charge in [0.2, 0.25) is 5.91 Å². The van der Waals surface area contributed by atoms with Gasteiger partial charge in [-0.25, -0.2) is 0 Å². The van der Waals surface area contributed by atoms with E-state index in [-0.39, 0.29) is 11.8 Å². The van der Waals surface area contributed by atoms with Gasteiger partial charge >= 0.3 is 0 Å². The number of hydrogen-bond acceptors (Lipinski definition) is 3. The summed E-state index contributed by atoms with van der Waals surface area (Å²) in [6.07, 6.45) is 1.69. The number of primary amides is 1. The normalized spacial score (nSPS) is 17.8. The Kier molecular flexibility index (Phi) is 5.65. The van der Waals surface area contributed by atoms with Crippen molar-refractivity contribution in [2.24, 2.45) is 11.7 Å². The van der Waals surface area contributed by atoms with Crippen molar-refractivity contribution < 1.29 is 4.79 Å². The fraction of sp³-hybridized carbons (Fsp3) is 0.562. The van der Waals surface area contributed by atoms with Gasteiger partial charge in [0.05, 0.1) is 0 Å². The molecule has 0 aliphatic carbocycles. The van der Waals surface area contributed by atoms with Crippen molar-refractivity contribution in [2.75, 3.05) is 24.5 Å². The van der Waals surface area contributed by atoms with Crippen LogP contribution in [-0.4, -0.2) is 25.5 Å². The van der Waals surface area contributed by atoms with Gasteiger partial charge in [-0.05, 0) is 44.0 Å². The van der Waals surface area contributed by atoms with Crippen LogP contribution in [0.3, 0.4) is 0 Å². The first-order valence-electron chi connectivity index (χ1n) is 7.60. The maximum absolute atomic E-state index is 11.3. The number of rotatable bonds is 5. The third-order valence-electron chi connectivity index (χ3n) is 4.21. The van der Waals surface area contributed by atoms with E-state index in [1.807, 2.05) is 0 Å². The van der Waals surface area contributed by atoms with Crippen LogP contribution >= 0.6 is 15.9 Å². The van der Waals surface area contributed by atoms with Crippen LogP contribution in [0.1, 0.15) is 38.3 Å². The lowest BCUT2D eigenvalue weighted by Gasteiger charge is -2.34. The molecule has 0 bridgehead atoms. The number of halogens is 1. The number of nitrogens with zero attached hydrogens (tertiary/aromatic N) is 1. The zero-order valence-corrected chi connectivity index (χ0v) is 14.3. The molecule has 5 heteroatoms. The van der Waals surface area contributed by atoms with E-state index in [4.69, 9.17) is 5.73 Å². The molecule has 0 aromatic heterocycles. The van der Waals surface area contributed by atoms with Gasteiger partial charge in [-0.2, -0.15) is 0 Å². The molecule has 0 radical (unpaired) electrons. The van der Waals surface area contributed by atoms with Crippen molar-refractivity contribution in [2.45, 2.75) is 32.7 Å². The lowest BCUT2D eigenvalue weighted by atomic mass is 9.94. The third kappa shape index (κ3) is 3.98. The second-order valence-corrected chi connectivity index (χ2v) is 6.56. The molecule has 1 aliphatic rings. The Morgan fingerprint density at radius 2 is 2.14 bits per heavy atom. The number of piperidine rings is 1. The minimum atomic E-state index is -0.162. The standard InChI is InChI=1S/C16H24BrN3O/c1-3-19-11(2)14-5-4-13(17)10-15(14)20-8-6-12(7-9-20)16(18)21/h4-5,10-12,19H,3,6-9H2,1-2H3,(H2,18,21). The van der Waals surface area contributed by atoms with Crippen LogP contribution in [0, 0.1) is 5.92 Å². The molecule has 0 spiro atoms. The number of hydrogen-bond donors (Lipinski definition) is 2. The molecule has 116 valence electrons.